The molecule has 3 aromatic rings. The number of hydrogen-bond donors (Lipinski definition) is 0. The number of benzene rings is 3. The highest BCUT2D eigenvalue weighted by Crippen LogP contribution is 2.36. The molecule has 200 valence electrons. The number of nitrogens with zero attached hydrogens (tertiary/aromatic N) is 2. The summed E-state index contributed by atoms with van der Waals surface area (Å²) in [6.45, 7) is 3.43. The zero-order valence-corrected chi connectivity index (χ0v) is 20.8. The lowest BCUT2D eigenvalue weighted by Gasteiger charge is -2.52. The molecule has 3 aliphatic heterocycles. The maximum absolute atomic E-state index is 14.7. The van der Waals surface area contributed by atoms with Crippen molar-refractivity contribution in [3.63, 3.8) is 0 Å². The average molecular weight is 530 g/mol. The molecule has 38 heavy (non-hydrogen) atoms. The average Bonchev–Trinajstić information content (AvgIpc) is 2.92. The van der Waals surface area contributed by atoms with Gasteiger partial charge < -0.3 is 14.0 Å². The molecule has 2 bridgehead atoms. The Morgan fingerprint density at radius 3 is 2.24 bits per heavy atom. The predicted molar refractivity (Wildman–Crippen MR) is 134 cm³/mol. The van der Waals surface area contributed by atoms with Crippen LogP contribution in [0.2, 0.25) is 0 Å². The molecule has 3 saturated heterocycles. The summed E-state index contributed by atoms with van der Waals surface area (Å²) < 4.78 is 68.5. The van der Waals surface area contributed by atoms with Crippen molar-refractivity contribution in [2.75, 3.05) is 37.7 Å². The molecule has 3 aliphatic rings. The number of quaternary nitrogens is 1. The number of amides is 1. The van der Waals surface area contributed by atoms with Gasteiger partial charge in [-0.1, -0.05) is 30.3 Å². The lowest BCUT2D eigenvalue weighted by Crippen LogP contribution is -2.65. The first-order chi connectivity index (χ1) is 18.3. The first kappa shape index (κ1) is 26.0. The van der Waals surface area contributed by atoms with Gasteiger partial charge in [0.2, 0.25) is 0 Å². The number of carbonyl (C=O) groups excluding carboxylic acids is 1. The van der Waals surface area contributed by atoms with Crippen LogP contribution in [0.3, 0.4) is 0 Å². The van der Waals surface area contributed by atoms with Crippen LogP contribution in [0.4, 0.5) is 28.0 Å². The number of para-hydroxylation sites is 2. The number of fused-ring (bicyclic) bond motifs is 3. The van der Waals surface area contributed by atoms with E-state index in [-0.39, 0.29) is 17.2 Å². The van der Waals surface area contributed by atoms with E-state index in [4.69, 9.17) is 9.47 Å². The number of carbonyl (C=O) groups is 1. The Kier molecular flexibility index (Phi) is 7.56. The van der Waals surface area contributed by atoms with Crippen molar-refractivity contribution in [3.05, 3.63) is 95.6 Å². The van der Waals surface area contributed by atoms with E-state index >= 15 is 0 Å². The van der Waals surface area contributed by atoms with Gasteiger partial charge in [-0.25, -0.2) is 22.4 Å². The third-order valence-electron chi connectivity index (χ3n) is 7.62. The Bertz CT molecular complexity index is 1260. The van der Waals surface area contributed by atoms with Gasteiger partial charge in [0, 0.05) is 18.8 Å². The van der Waals surface area contributed by atoms with E-state index in [2.05, 4.69) is 0 Å². The van der Waals surface area contributed by atoms with Gasteiger partial charge in [0.05, 0.1) is 25.3 Å². The Balaban J connectivity index is 1.31. The van der Waals surface area contributed by atoms with Crippen molar-refractivity contribution in [1.82, 2.24) is 0 Å². The monoisotopic (exact) mass is 529 g/mol. The Labute approximate surface area is 218 Å². The van der Waals surface area contributed by atoms with E-state index < -0.39 is 42.0 Å². The molecule has 0 aromatic heterocycles. The third-order valence-corrected chi connectivity index (χ3v) is 7.62. The first-order valence-corrected chi connectivity index (χ1v) is 12.7. The van der Waals surface area contributed by atoms with Crippen molar-refractivity contribution < 1.29 is 36.3 Å². The Hall–Kier alpha value is -3.59. The van der Waals surface area contributed by atoms with Crippen molar-refractivity contribution in [1.29, 1.82) is 0 Å². The maximum atomic E-state index is 14.7. The molecule has 1 amide bonds. The van der Waals surface area contributed by atoms with Crippen molar-refractivity contribution in [2.45, 2.75) is 25.5 Å². The summed E-state index contributed by atoms with van der Waals surface area (Å²) in [6.07, 6.45) is 0.560. The van der Waals surface area contributed by atoms with Crippen molar-refractivity contribution >= 4 is 11.8 Å². The second-order valence-corrected chi connectivity index (χ2v) is 10.0. The van der Waals surface area contributed by atoms with E-state index in [9.17, 15) is 22.4 Å². The van der Waals surface area contributed by atoms with Gasteiger partial charge in [0.15, 0.2) is 23.6 Å². The van der Waals surface area contributed by atoms with Gasteiger partial charge in [-0.3, -0.25) is 4.90 Å². The standard InChI is InChI=1S/C29H29F4N2O3/c30-23-8-4-5-9-26(23)34(18-20-16-24(31)28(33)25(32)17-20)29(36)38-27-19-35(12-10-21(27)11-13-35)14-15-37-22-6-2-1-3-7-22/h1-9,16-17,21,27H,10-15,18-19H2/q+1/t21?,27-,35?/m0/s1. The van der Waals surface area contributed by atoms with E-state index in [1.54, 1.807) is 6.07 Å². The largest absolute Gasteiger partial charge is 0.488 e. The van der Waals surface area contributed by atoms with Crippen LogP contribution in [0, 0.1) is 29.2 Å². The quantitative estimate of drug-likeness (QED) is 0.202. The fourth-order valence-electron chi connectivity index (χ4n) is 5.54. The SMILES string of the molecule is O=C(O[C@H]1C[N+]2(CCOc3ccccc3)CCC1CC2)N(Cc1cc(F)c(F)c(F)c1)c1ccccc1F. The number of rotatable bonds is 8. The third kappa shape index (κ3) is 5.62. The molecule has 3 fully saturated rings. The summed E-state index contributed by atoms with van der Waals surface area (Å²) in [5.41, 5.74) is -0.124. The topological polar surface area (TPSA) is 38.8 Å². The smallest absolute Gasteiger partial charge is 0.415 e. The summed E-state index contributed by atoms with van der Waals surface area (Å²) in [4.78, 5) is 14.4. The van der Waals surface area contributed by atoms with Crippen LogP contribution in [-0.4, -0.2) is 49.5 Å². The number of ether oxygens (including phenoxy) is 2. The second kappa shape index (κ2) is 11.0. The maximum Gasteiger partial charge on any atom is 0.415 e. The Morgan fingerprint density at radius 1 is 0.895 bits per heavy atom. The van der Waals surface area contributed by atoms with Gasteiger partial charge >= 0.3 is 6.09 Å². The number of anilines is 1. The minimum Gasteiger partial charge on any atom is -0.488 e. The van der Waals surface area contributed by atoms with Gasteiger partial charge in [0.1, 0.15) is 31.3 Å². The molecule has 0 N–H and O–H groups in total. The van der Waals surface area contributed by atoms with Crippen LogP contribution >= 0.6 is 0 Å². The number of hydrogen-bond acceptors (Lipinski definition) is 3. The summed E-state index contributed by atoms with van der Waals surface area (Å²) in [6, 6.07) is 16.7. The molecule has 5 nitrogen and oxygen atoms in total. The van der Waals surface area contributed by atoms with Crippen molar-refractivity contribution in [3.8, 4) is 5.75 Å². The van der Waals surface area contributed by atoms with Gasteiger partial charge in [-0.05, 0) is 42.0 Å². The number of halogens is 4. The first-order valence-electron chi connectivity index (χ1n) is 12.7. The highest BCUT2D eigenvalue weighted by Gasteiger charge is 2.48. The summed E-state index contributed by atoms with van der Waals surface area (Å²) in [5, 5.41) is 0. The molecule has 0 saturated carbocycles. The molecule has 3 heterocycles. The highest BCUT2D eigenvalue weighted by molar-refractivity contribution is 5.87. The second-order valence-electron chi connectivity index (χ2n) is 10.0. The molecular formula is C29H29F4N2O3+. The molecule has 1 atom stereocenters. The zero-order chi connectivity index (χ0) is 26.7. The van der Waals surface area contributed by atoms with Crippen LogP contribution in [0.25, 0.3) is 0 Å². The van der Waals surface area contributed by atoms with Crippen LogP contribution in [-0.2, 0) is 11.3 Å². The van der Waals surface area contributed by atoms with E-state index in [1.807, 2.05) is 30.3 Å². The van der Waals surface area contributed by atoms with E-state index in [0.717, 1.165) is 59.7 Å². The summed E-state index contributed by atoms with van der Waals surface area (Å²) >= 11 is 0. The van der Waals surface area contributed by atoms with Gasteiger partial charge in [-0.15, -0.1) is 0 Å². The normalized spacial score (nSPS) is 22.2. The van der Waals surface area contributed by atoms with Gasteiger partial charge in [-0.2, -0.15) is 0 Å². The van der Waals surface area contributed by atoms with Crippen LogP contribution in [0.5, 0.6) is 5.75 Å². The minimum atomic E-state index is -1.61. The zero-order valence-electron chi connectivity index (χ0n) is 20.8. The molecular weight excluding hydrogens is 500 g/mol. The van der Waals surface area contributed by atoms with Crippen LogP contribution in [0.1, 0.15) is 18.4 Å². The molecule has 9 heteroatoms. The van der Waals surface area contributed by atoms with E-state index in [0.29, 0.717) is 13.2 Å². The predicted octanol–water partition coefficient (Wildman–Crippen LogP) is 6.07. The van der Waals surface area contributed by atoms with Crippen molar-refractivity contribution in [2.24, 2.45) is 5.92 Å². The molecule has 0 spiro atoms. The molecule has 0 unspecified atom stereocenters. The lowest BCUT2D eigenvalue weighted by atomic mass is 9.83. The van der Waals surface area contributed by atoms with E-state index in [1.165, 1.54) is 18.2 Å². The van der Waals surface area contributed by atoms with Crippen LogP contribution < -0.4 is 9.64 Å². The summed E-state index contributed by atoms with van der Waals surface area (Å²) in [5.74, 6) is -4.09. The summed E-state index contributed by atoms with van der Waals surface area (Å²) in [7, 11) is 0. The molecule has 3 aromatic carbocycles. The molecule has 6 rings (SSSR count). The minimum absolute atomic E-state index is 0.0305. The molecule has 0 radical (unpaired) electrons. The number of piperidine rings is 3. The molecule has 0 aliphatic carbocycles. The van der Waals surface area contributed by atoms with Crippen LogP contribution in [0.15, 0.2) is 66.7 Å². The fraction of sp³-hybridized carbons (Fsp3) is 0.345. The lowest BCUT2D eigenvalue weighted by molar-refractivity contribution is -0.946. The Morgan fingerprint density at radius 2 is 1.55 bits per heavy atom. The van der Waals surface area contributed by atoms with Gasteiger partial charge in [0.25, 0.3) is 0 Å². The highest BCUT2D eigenvalue weighted by atomic mass is 19.2. The fourth-order valence-corrected chi connectivity index (χ4v) is 5.54.